The van der Waals surface area contributed by atoms with E-state index >= 15 is 0 Å². The van der Waals surface area contributed by atoms with Gasteiger partial charge < -0.3 is 5.32 Å². The summed E-state index contributed by atoms with van der Waals surface area (Å²) >= 11 is 0. The Morgan fingerprint density at radius 3 is 2.82 bits per heavy atom. The second kappa shape index (κ2) is 7.23. The van der Waals surface area contributed by atoms with Crippen molar-refractivity contribution in [2.45, 2.75) is 27.2 Å². The SMILES string of the molecule is Cc1ccc(F)c(C=CCCNCC(C)C)c1. The molecule has 0 aliphatic carbocycles. The third-order valence-corrected chi connectivity index (χ3v) is 2.49. The van der Waals surface area contributed by atoms with Gasteiger partial charge in [-0.15, -0.1) is 0 Å². The van der Waals surface area contributed by atoms with E-state index in [1.807, 2.05) is 25.1 Å². The zero-order valence-corrected chi connectivity index (χ0v) is 11.0. The molecule has 1 nitrogen and oxygen atoms in total. The monoisotopic (exact) mass is 235 g/mol. The Bertz CT molecular complexity index is 369. The third-order valence-electron chi connectivity index (χ3n) is 2.49. The van der Waals surface area contributed by atoms with Crippen LogP contribution in [0.15, 0.2) is 24.3 Å². The molecule has 0 saturated heterocycles. The molecule has 17 heavy (non-hydrogen) atoms. The molecule has 0 amide bonds. The van der Waals surface area contributed by atoms with Crippen LogP contribution in [0.3, 0.4) is 0 Å². The first-order valence-corrected chi connectivity index (χ1v) is 6.23. The number of nitrogens with one attached hydrogen (secondary N) is 1. The van der Waals surface area contributed by atoms with E-state index in [-0.39, 0.29) is 5.82 Å². The first-order valence-electron chi connectivity index (χ1n) is 6.23. The van der Waals surface area contributed by atoms with Gasteiger partial charge in [0.05, 0.1) is 0 Å². The van der Waals surface area contributed by atoms with Gasteiger partial charge in [-0.25, -0.2) is 4.39 Å². The van der Waals surface area contributed by atoms with E-state index in [0.717, 1.165) is 25.1 Å². The molecule has 0 atom stereocenters. The summed E-state index contributed by atoms with van der Waals surface area (Å²) in [5, 5.41) is 3.35. The van der Waals surface area contributed by atoms with E-state index < -0.39 is 0 Å². The van der Waals surface area contributed by atoms with Crippen LogP contribution in [-0.2, 0) is 0 Å². The van der Waals surface area contributed by atoms with Crippen LogP contribution in [0.1, 0.15) is 31.4 Å². The highest BCUT2D eigenvalue weighted by Gasteiger charge is 1.97. The van der Waals surface area contributed by atoms with Crippen LogP contribution < -0.4 is 5.32 Å². The van der Waals surface area contributed by atoms with E-state index in [9.17, 15) is 4.39 Å². The van der Waals surface area contributed by atoms with Crippen LogP contribution in [0.5, 0.6) is 0 Å². The first kappa shape index (κ1) is 13.9. The molecule has 94 valence electrons. The largest absolute Gasteiger partial charge is 0.316 e. The normalized spacial score (nSPS) is 11.6. The van der Waals surface area contributed by atoms with Crippen molar-refractivity contribution in [3.63, 3.8) is 0 Å². The van der Waals surface area contributed by atoms with E-state index in [0.29, 0.717) is 11.5 Å². The molecular formula is C15H22FN. The molecule has 0 fully saturated rings. The molecule has 0 aliphatic rings. The maximum atomic E-state index is 13.4. The molecule has 0 aromatic heterocycles. The quantitative estimate of drug-likeness (QED) is 0.740. The van der Waals surface area contributed by atoms with Crippen LogP contribution >= 0.6 is 0 Å². The molecule has 1 aromatic carbocycles. The summed E-state index contributed by atoms with van der Waals surface area (Å²) in [5.74, 6) is 0.523. The fourth-order valence-corrected chi connectivity index (χ4v) is 1.58. The maximum absolute atomic E-state index is 13.4. The Hall–Kier alpha value is -1.15. The van der Waals surface area contributed by atoms with Crippen LogP contribution in [-0.4, -0.2) is 13.1 Å². The first-order chi connectivity index (χ1) is 8.09. The molecule has 0 radical (unpaired) electrons. The van der Waals surface area contributed by atoms with Gasteiger partial charge in [-0.05, 0) is 44.5 Å². The zero-order valence-electron chi connectivity index (χ0n) is 11.0. The molecule has 0 heterocycles. The minimum Gasteiger partial charge on any atom is -0.316 e. The van der Waals surface area contributed by atoms with E-state index in [4.69, 9.17) is 0 Å². The lowest BCUT2D eigenvalue weighted by atomic mass is 10.1. The van der Waals surface area contributed by atoms with Gasteiger partial charge in [0.15, 0.2) is 0 Å². The highest BCUT2D eigenvalue weighted by Crippen LogP contribution is 2.11. The summed E-state index contributed by atoms with van der Waals surface area (Å²) in [6.07, 6.45) is 4.81. The van der Waals surface area contributed by atoms with Crippen molar-refractivity contribution < 1.29 is 4.39 Å². The standard InChI is InChI=1S/C15H22FN/c1-12(2)11-17-9-5-4-6-14-10-13(3)7-8-15(14)16/h4,6-8,10,12,17H,5,9,11H2,1-3H3. The minimum atomic E-state index is -0.151. The summed E-state index contributed by atoms with van der Waals surface area (Å²) in [7, 11) is 0. The van der Waals surface area contributed by atoms with Gasteiger partial charge in [-0.1, -0.05) is 37.6 Å². The lowest BCUT2D eigenvalue weighted by Gasteiger charge is -2.05. The Labute approximate surface area is 104 Å². The van der Waals surface area contributed by atoms with Crippen LogP contribution in [0.2, 0.25) is 0 Å². The molecule has 1 aromatic rings. The molecule has 0 aliphatic heterocycles. The van der Waals surface area contributed by atoms with Crippen LogP contribution in [0.4, 0.5) is 4.39 Å². The lowest BCUT2D eigenvalue weighted by Crippen LogP contribution is -2.20. The van der Waals surface area contributed by atoms with Crippen LogP contribution in [0, 0.1) is 18.7 Å². The molecule has 0 spiro atoms. The fraction of sp³-hybridized carbons (Fsp3) is 0.467. The fourth-order valence-electron chi connectivity index (χ4n) is 1.58. The van der Waals surface area contributed by atoms with Crippen molar-refractivity contribution in [3.05, 3.63) is 41.2 Å². The van der Waals surface area contributed by atoms with E-state index in [1.54, 1.807) is 6.07 Å². The van der Waals surface area contributed by atoms with Crippen molar-refractivity contribution in [2.24, 2.45) is 5.92 Å². The number of hydrogen-bond acceptors (Lipinski definition) is 1. The smallest absolute Gasteiger partial charge is 0.130 e. The van der Waals surface area contributed by atoms with Gasteiger partial charge in [0.2, 0.25) is 0 Å². The van der Waals surface area contributed by atoms with Gasteiger partial charge in [0.1, 0.15) is 5.82 Å². The van der Waals surface area contributed by atoms with Gasteiger partial charge >= 0.3 is 0 Å². The zero-order chi connectivity index (χ0) is 12.7. The molecule has 0 saturated carbocycles. The van der Waals surface area contributed by atoms with Gasteiger partial charge in [-0.2, -0.15) is 0 Å². The molecule has 1 N–H and O–H groups in total. The van der Waals surface area contributed by atoms with Crippen molar-refractivity contribution >= 4 is 6.08 Å². The summed E-state index contributed by atoms with van der Waals surface area (Å²) < 4.78 is 13.4. The number of benzene rings is 1. The highest BCUT2D eigenvalue weighted by molar-refractivity contribution is 5.51. The second-order valence-corrected chi connectivity index (χ2v) is 4.81. The van der Waals surface area contributed by atoms with E-state index in [2.05, 4.69) is 19.2 Å². The highest BCUT2D eigenvalue weighted by atomic mass is 19.1. The van der Waals surface area contributed by atoms with Crippen LogP contribution in [0.25, 0.3) is 6.08 Å². The third kappa shape index (κ3) is 5.64. The van der Waals surface area contributed by atoms with Gasteiger partial charge in [-0.3, -0.25) is 0 Å². The number of aryl methyl sites for hydroxylation is 1. The summed E-state index contributed by atoms with van der Waals surface area (Å²) in [5.41, 5.74) is 1.76. The number of rotatable bonds is 6. The average molecular weight is 235 g/mol. The van der Waals surface area contributed by atoms with Crippen molar-refractivity contribution in [2.75, 3.05) is 13.1 Å². The number of hydrogen-bond donors (Lipinski definition) is 1. The van der Waals surface area contributed by atoms with E-state index in [1.165, 1.54) is 6.07 Å². The van der Waals surface area contributed by atoms with Gasteiger partial charge in [0.25, 0.3) is 0 Å². The molecular weight excluding hydrogens is 213 g/mol. The van der Waals surface area contributed by atoms with Crippen molar-refractivity contribution in [3.8, 4) is 0 Å². The number of halogens is 1. The minimum absolute atomic E-state index is 0.151. The Morgan fingerprint density at radius 1 is 1.35 bits per heavy atom. The molecule has 1 rings (SSSR count). The summed E-state index contributed by atoms with van der Waals surface area (Å²) in [4.78, 5) is 0. The average Bonchev–Trinajstić information content (AvgIpc) is 2.27. The second-order valence-electron chi connectivity index (χ2n) is 4.81. The predicted octanol–water partition coefficient (Wildman–Crippen LogP) is 3.78. The Balaban J connectivity index is 2.35. The summed E-state index contributed by atoms with van der Waals surface area (Å²) in [6, 6.07) is 5.18. The topological polar surface area (TPSA) is 12.0 Å². The maximum Gasteiger partial charge on any atom is 0.130 e. The lowest BCUT2D eigenvalue weighted by molar-refractivity contribution is 0.557. The van der Waals surface area contributed by atoms with Crippen molar-refractivity contribution in [1.29, 1.82) is 0 Å². The Morgan fingerprint density at radius 2 is 2.12 bits per heavy atom. The predicted molar refractivity (Wildman–Crippen MR) is 72.5 cm³/mol. The Kier molecular flexibility index (Phi) is 5.92. The molecule has 2 heteroatoms. The molecule has 0 bridgehead atoms. The van der Waals surface area contributed by atoms with Crippen molar-refractivity contribution in [1.82, 2.24) is 5.32 Å². The van der Waals surface area contributed by atoms with Gasteiger partial charge in [0, 0.05) is 5.56 Å². The summed E-state index contributed by atoms with van der Waals surface area (Å²) in [6.45, 7) is 8.33. The molecule has 0 unspecified atom stereocenters.